The second-order valence-corrected chi connectivity index (χ2v) is 6.03. The monoisotopic (exact) mass is 277 g/mol. The molecule has 1 aromatic rings. The van der Waals surface area contributed by atoms with Gasteiger partial charge in [-0.25, -0.2) is 0 Å². The van der Waals surface area contributed by atoms with Crippen LogP contribution in [0.5, 0.6) is 0 Å². The molecule has 1 atom stereocenters. The van der Waals surface area contributed by atoms with Gasteiger partial charge in [0.2, 0.25) is 0 Å². The summed E-state index contributed by atoms with van der Waals surface area (Å²) >= 11 is 4.58. The quantitative estimate of drug-likeness (QED) is 0.756. The molecule has 0 aliphatic heterocycles. The van der Waals surface area contributed by atoms with Crippen molar-refractivity contribution in [2.75, 3.05) is 18.8 Å². The summed E-state index contributed by atoms with van der Waals surface area (Å²) in [6, 6.07) is 11.7. The van der Waals surface area contributed by atoms with E-state index < -0.39 is 0 Å². The van der Waals surface area contributed by atoms with Crippen molar-refractivity contribution in [2.24, 2.45) is 0 Å². The minimum absolute atomic E-state index is 0.561. The fraction of sp³-hybridized carbons (Fsp3) is 0.647. The third kappa shape index (κ3) is 4.25. The summed E-state index contributed by atoms with van der Waals surface area (Å²) in [5.74, 6) is 1.50. The Kier molecular flexibility index (Phi) is 6.25. The molecule has 2 heteroatoms. The lowest BCUT2D eigenvalue weighted by atomic mass is 9.92. The first-order valence-corrected chi connectivity index (χ1v) is 8.38. The Labute approximate surface area is 123 Å². The maximum atomic E-state index is 4.58. The smallest absolute Gasteiger partial charge is 0.00953 e. The normalized spacial score (nSPS) is 18.7. The third-order valence-corrected chi connectivity index (χ3v) is 4.88. The molecule has 0 aromatic heterocycles. The average Bonchev–Trinajstić information content (AvgIpc) is 2.50. The number of nitrogens with zero attached hydrogens (tertiary/aromatic N) is 1. The van der Waals surface area contributed by atoms with Crippen LogP contribution in [0.4, 0.5) is 0 Å². The van der Waals surface area contributed by atoms with Gasteiger partial charge in [0.1, 0.15) is 0 Å². The van der Waals surface area contributed by atoms with Crippen molar-refractivity contribution in [3.05, 3.63) is 35.9 Å². The molecule has 106 valence electrons. The van der Waals surface area contributed by atoms with Gasteiger partial charge in [-0.1, -0.05) is 56.5 Å². The summed E-state index contributed by atoms with van der Waals surface area (Å²) in [4.78, 5) is 2.69. The van der Waals surface area contributed by atoms with Crippen LogP contribution in [0, 0.1) is 0 Å². The zero-order chi connectivity index (χ0) is 13.5. The van der Waals surface area contributed by atoms with Gasteiger partial charge < -0.3 is 4.90 Å². The van der Waals surface area contributed by atoms with Crippen molar-refractivity contribution in [1.29, 1.82) is 0 Å². The van der Waals surface area contributed by atoms with E-state index in [1.54, 1.807) is 0 Å². The van der Waals surface area contributed by atoms with E-state index in [4.69, 9.17) is 0 Å². The molecule has 0 spiro atoms. The van der Waals surface area contributed by atoms with Gasteiger partial charge in [0.05, 0.1) is 0 Å². The predicted molar refractivity (Wildman–Crippen MR) is 87.2 cm³/mol. The second kappa shape index (κ2) is 7.96. The molecule has 1 saturated carbocycles. The van der Waals surface area contributed by atoms with E-state index in [0.717, 1.165) is 18.3 Å². The second-order valence-electron chi connectivity index (χ2n) is 5.67. The topological polar surface area (TPSA) is 3.24 Å². The van der Waals surface area contributed by atoms with Crippen molar-refractivity contribution in [1.82, 2.24) is 4.90 Å². The summed E-state index contributed by atoms with van der Waals surface area (Å²) in [7, 11) is 0. The van der Waals surface area contributed by atoms with Crippen molar-refractivity contribution in [2.45, 2.75) is 51.0 Å². The SMILES string of the molecule is CCN(CC(CS)c1ccccc1)C1CCCCC1. The number of likely N-dealkylation sites (N-methyl/N-ethyl adjacent to an activating group) is 1. The maximum Gasteiger partial charge on any atom is 0.00953 e. The first-order chi connectivity index (χ1) is 9.35. The lowest BCUT2D eigenvalue weighted by Gasteiger charge is -2.35. The molecule has 1 unspecified atom stereocenters. The lowest BCUT2D eigenvalue weighted by molar-refractivity contribution is 0.157. The molecule has 0 heterocycles. The van der Waals surface area contributed by atoms with E-state index in [1.165, 1.54) is 44.2 Å². The molecule has 19 heavy (non-hydrogen) atoms. The van der Waals surface area contributed by atoms with Crippen molar-refractivity contribution in [3.63, 3.8) is 0 Å². The fourth-order valence-corrected chi connectivity index (χ4v) is 3.59. The molecule has 1 aliphatic carbocycles. The number of hydrogen-bond donors (Lipinski definition) is 1. The minimum atomic E-state index is 0.561. The van der Waals surface area contributed by atoms with E-state index in [-0.39, 0.29) is 0 Å². The molecule has 1 fully saturated rings. The minimum Gasteiger partial charge on any atom is -0.300 e. The van der Waals surface area contributed by atoms with Crippen molar-refractivity contribution in [3.8, 4) is 0 Å². The summed E-state index contributed by atoms with van der Waals surface area (Å²) < 4.78 is 0. The fourth-order valence-electron chi connectivity index (χ4n) is 3.26. The first-order valence-electron chi connectivity index (χ1n) is 7.75. The molecule has 1 nitrogen and oxygen atoms in total. The highest BCUT2D eigenvalue weighted by Crippen LogP contribution is 2.26. The van der Waals surface area contributed by atoms with Gasteiger partial charge in [-0.2, -0.15) is 12.6 Å². The van der Waals surface area contributed by atoms with Crippen LogP contribution in [0.1, 0.15) is 50.5 Å². The highest BCUT2D eigenvalue weighted by molar-refractivity contribution is 7.80. The highest BCUT2D eigenvalue weighted by atomic mass is 32.1. The van der Waals surface area contributed by atoms with Gasteiger partial charge in [0, 0.05) is 18.5 Å². The molecule has 2 rings (SSSR count). The van der Waals surface area contributed by atoms with Crippen LogP contribution in [0.2, 0.25) is 0 Å². The highest BCUT2D eigenvalue weighted by Gasteiger charge is 2.22. The van der Waals surface area contributed by atoms with Crippen LogP contribution >= 0.6 is 12.6 Å². The zero-order valence-corrected chi connectivity index (χ0v) is 13.0. The molecule has 1 aliphatic rings. The van der Waals surface area contributed by atoms with Gasteiger partial charge in [0.25, 0.3) is 0 Å². The number of benzene rings is 1. The zero-order valence-electron chi connectivity index (χ0n) is 12.1. The van der Waals surface area contributed by atoms with Crippen LogP contribution in [-0.2, 0) is 0 Å². The van der Waals surface area contributed by atoms with Crippen LogP contribution in [-0.4, -0.2) is 29.8 Å². The van der Waals surface area contributed by atoms with Gasteiger partial charge in [-0.05, 0) is 30.7 Å². The molecule has 0 N–H and O–H groups in total. The largest absolute Gasteiger partial charge is 0.300 e. The van der Waals surface area contributed by atoms with Gasteiger partial charge in [0.15, 0.2) is 0 Å². The Hall–Kier alpha value is -0.470. The summed E-state index contributed by atoms with van der Waals surface area (Å²) in [6.07, 6.45) is 7.04. The maximum absolute atomic E-state index is 4.58. The molecule has 0 saturated heterocycles. The molecule has 0 radical (unpaired) electrons. The standard InChI is InChI=1S/C17H27NS/c1-2-18(17-11-7-4-8-12-17)13-16(14-19)15-9-5-3-6-10-15/h3,5-6,9-10,16-17,19H,2,4,7-8,11-14H2,1H3. The Balaban J connectivity index is 1.99. The Morgan fingerprint density at radius 1 is 1.16 bits per heavy atom. The Morgan fingerprint density at radius 3 is 2.42 bits per heavy atom. The van der Waals surface area contributed by atoms with Crippen LogP contribution in [0.15, 0.2) is 30.3 Å². The molecule has 1 aromatic carbocycles. The summed E-state index contributed by atoms with van der Waals surface area (Å²) in [5.41, 5.74) is 1.44. The number of hydrogen-bond acceptors (Lipinski definition) is 2. The van der Waals surface area contributed by atoms with Crippen LogP contribution in [0.25, 0.3) is 0 Å². The van der Waals surface area contributed by atoms with E-state index in [2.05, 4.69) is 54.8 Å². The van der Waals surface area contributed by atoms with Crippen molar-refractivity contribution < 1.29 is 0 Å². The van der Waals surface area contributed by atoms with E-state index in [9.17, 15) is 0 Å². The molecular weight excluding hydrogens is 250 g/mol. The van der Waals surface area contributed by atoms with Gasteiger partial charge >= 0.3 is 0 Å². The van der Waals surface area contributed by atoms with Crippen LogP contribution < -0.4 is 0 Å². The molecule has 0 bridgehead atoms. The average molecular weight is 277 g/mol. The van der Waals surface area contributed by atoms with Crippen LogP contribution in [0.3, 0.4) is 0 Å². The lowest BCUT2D eigenvalue weighted by Crippen LogP contribution is -2.39. The summed E-state index contributed by atoms with van der Waals surface area (Å²) in [5, 5.41) is 0. The summed E-state index contributed by atoms with van der Waals surface area (Å²) in [6.45, 7) is 4.63. The third-order valence-electron chi connectivity index (χ3n) is 4.44. The number of thiol groups is 1. The molecule has 0 amide bonds. The van der Waals surface area contributed by atoms with Gasteiger partial charge in [-0.15, -0.1) is 0 Å². The Bertz CT molecular complexity index is 346. The van der Waals surface area contributed by atoms with E-state index in [1.807, 2.05) is 0 Å². The van der Waals surface area contributed by atoms with E-state index >= 15 is 0 Å². The van der Waals surface area contributed by atoms with Crippen molar-refractivity contribution >= 4 is 12.6 Å². The number of rotatable bonds is 6. The first kappa shape index (κ1) is 14.9. The molecular formula is C17H27NS. The van der Waals surface area contributed by atoms with E-state index in [0.29, 0.717) is 5.92 Å². The van der Waals surface area contributed by atoms with Gasteiger partial charge in [-0.3, -0.25) is 0 Å². The Morgan fingerprint density at radius 2 is 1.84 bits per heavy atom. The predicted octanol–water partition coefficient (Wildman–Crippen LogP) is 4.35.